The molecule has 0 saturated carbocycles. The zero-order valence-electron chi connectivity index (χ0n) is 10.9. The molecule has 8 nitrogen and oxygen atoms in total. The monoisotopic (exact) mass is 320 g/mol. The van der Waals surface area contributed by atoms with Crippen LogP contribution in [0.25, 0.3) is 0 Å². The van der Waals surface area contributed by atoms with E-state index in [0.29, 0.717) is 6.42 Å². The first-order valence-electron chi connectivity index (χ1n) is 5.79. The van der Waals surface area contributed by atoms with Crippen molar-refractivity contribution in [2.24, 2.45) is 0 Å². The number of hydrogen-bond donors (Lipinski definition) is 1. The number of nitrogens with one attached hydrogen (secondary N) is 1. The van der Waals surface area contributed by atoms with E-state index in [2.05, 4.69) is 15.3 Å². The molecule has 1 atom stereocenters. The molecule has 1 N–H and O–H groups in total. The number of nitro groups is 1. The van der Waals surface area contributed by atoms with Crippen LogP contribution in [0.3, 0.4) is 0 Å². The van der Waals surface area contributed by atoms with Crippen LogP contribution < -0.4 is 5.32 Å². The summed E-state index contributed by atoms with van der Waals surface area (Å²) in [6.07, 6.45) is 0.354. The van der Waals surface area contributed by atoms with Crippen LogP contribution in [0, 0.1) is 17.0 Å². The second kappa shape index (κ2) is 4.81. The Morgan fingerprint density at radius 3 is 2.60 bits per heavy atom. The summed E-state index contributed by atoms with van der Waals surface area (Å²) in [5.41, 5.74) is -0.963. The van der Waals surface area contributed by atoms with Gasteiger partial charge in [0.15, 0.2) is 9.84 Å². The minimum Gasteiger partial charge on any atom is -0.358 e. The first-order valence-corrected chi connectivity index (χ1v) is 7.99. The van der Waals surface area contributed by atoms with Gasteiger partial charge in [-0.25, -0.2) is 13.4 Å². The summed E-state index contributed by atoms with van der Waals surface area (Å²) in [6, 6.07) is 0. The molecule has 0 bridgehead atoms. The van der Waals surface area contributed by atoms with E-state index in [4.69, 9.17) is 11.6 Å². The van der Waals surface area contributed by atoms with Crippen molar-refractivity contribution in [3.8, 4) is 0 Å². The van der Waals surface area contributed by atoms with Gasteiger partial charge in [0.2, 0.25) is 11.1 Å². The summed E-state index contributed by atoms with van der Waals surface area (Å²) in [4.78, 5) is 18.0. The molecule has 0 radical (unpaired) electrons. The van der Waals surface area contributed by atoms with Crippen molar-refractivity contribution < 1.29 is 13.3 Å². The van der Waals surface area contributed by atoms with Crippen LogP contribution >= 0.6 is 11.6 Å². The molecule has 1 unspecified atom stereocenters. The van der Waals surface area contributed by atoms with Crippen molar-refractivity contribution in [3.63, 3.8) is 0 Å². The van der Waals surface area contributed by atoms with Crippen LogP contribution in [-0.2, 0) is 9.84 Å². The molecule has 0 amide bonds. The molecule has 1 saturated heterocycles. The van der Waals surface area contributed by atoms with E-state index in [1.54, 1.807) is 6.92 Å². The molecule has 0 spiro atoms. The fourth-order valence-electron chi connectivity index (χ4n) is 2.23. The first-order chi connectivity index (χ1) is 9.12. The van der Waals surface area contributed by atoms with E-state index in [1.165, 1.54) is 6.92 Å². The SMILES string of the molecule is Cc1nc(Cl)nc(NC2(C)CCS(=O)(=O)C2)c1[N+](=O)[O-]. The number of hydrogen-bond acceptors (Lipinski definition) is 7. The molecule has 2 rings (SSSR count). The molecule has 20 heavy (non-hydrogen) atoms. The average molecular weight is 321 g/mol. The molecule has 1 aliphatic rings. The highest BCUT2D eigenvalue weighted by atomic mass is 35.5. The fourth-order valence-corrected chi connectivity index (χ4v) is 4.54. The second-order valence-electron chi connectivity index (χ2n) is 5.06. The average Bonchev–Trinajstić information content (AvgIpc) is 2.50. The number of nitrogens with zero attached hydrogens (tertiary/aromatic N) is 3. The third-order valence-electron chi connectivity index (χ3n) is 3.14. The Morgan fingerprint density at radius 1 is 1.45 bits per heavy atom. The maximum Gasteiger partial charge on any atom is 0.332 e. The van der Waals surface area contributed by atoms with Gasteiger partial charge in [-0.05, 0) is 31.9 Å². The van der Waals surface area contributed by atoms with Crippen molar-refractivity contribution in [1.29, 1.82) is 0 Å². The Hall–Kier alpha value is -1.48. The maximum absolute atomic E-state index is 11.6. The van der Waals surface area contributed by atoms with Crippen molar-refractivity contribution >= 4 is 32.9 Å². The van der Waals surface area contributed by atoms with E-state index in [0.717, 1.165) is 0 Å². The van der Waals surface area contributed by atoms with Gasteiger partial charge in [-0.1, -0.05) is 0 Å². The molecular formula is C10H13ClN4O4S. The number of sulfone groups is 1. The van der Waals surface area contributed by atoms with Crippen LogP contribution in [0.5, 0.6) is 0 Å². The molecule has 1 fully saturated rings. The van der Waals surface area contributed by atoms with Gasteiger partial charge < -0.3 is 5.32 Å². The van der Waals surface area contributed by atoms with Gasteiger partial charge in [-0.2, -0.15) is 4.98 Å². The molecular weight excluding hydrogens is 308 g/mol. The number of aryl methyl sites for hydroxylation is 1. The molecule has 2 heterocycles. The van der Waals surface area contributed by atoms with Gasteiger partial charge in [0, 0.05) is 0 Å². The van der Waals surface area contributed by atoms with Crippen LogP contribution in [0.4, 0.5) is 11.5 Å². The Balaban J connectivity index is 2.41. The van der Waals surface area contributed by atoms with Crippen molar-refractivity contribution in [3.05, 3.63) is 21.1 Å². The third kappa shape index (κ3) is 2.98. The standard InChI is InChI=1S/C10H13ClN4O4S/c1-6-7(15(16)17)8(13-9(11)12-6)14-10(2)3-4-20(18,19)5-10/h3-5H2,1-2H3,(H,12,13,14). The summed E-state index contributed by atoms with van der Waals surface area (Å²) in [7, 11) is -3.14. The molecule has 0 aliphatic carbocycles. The highest BCUT2D eigenvalue weighted by Crippen LogP contribution is 2.32. The predicted molar refractivity (Wildman–Crippen MR) is 73.7 cm³/mol. The van der Waals surface area contributed by atoms with Gasteiger partial charge in [-0.15, -0.1) is 0 Å². The van der Waals surface area contributed by atoms with Gasteiger partial charge in [0.1, 0.15) is 5.69 Å². The highest BCUT2D eigenvalue weighted by Gasteiger charge is 2.40. The van der Waals surface area contributed by atoms with E-state index in [9.17, 15) is 18.5 Å². The Bertz CT molecular complexity index is 678. The third-order valence-corrected chi connectivity index (χ3v) is 5.21. The van der Waals surface area contributed by atoms with E-state index >= 15 is 0 Å². The number of halogens is 1. The lowest BCUT2D eigenvalue weighted by Crippen LogP contribution is -2.36. The number of aromatic nitrogens is 2. The lowest BCUT2D eigenvalue weighted by atomic mass is 10.0. The van der Waals surface area contributed by atoms with Gasteiger partial charge in [0.05, 0.1) is 22.0 Å². The van der Waals surface area contributed by atoms with Crippen LogP contribution in [-0.4, -0.2) is 40.4 Å². The molecule has 0 aromatic carbocycles. The van der Waals surface area contributed by atoms with Gasteiger partial charge in [0.25, 0.3) is 0 Å². The van der Waals surface area contributed by atoms with Gasteiger partial charge in [-0.3, -0.25) is 10.1 Å². The number of rotatable bonds is 3. The van der Waals surface area contributed by atoms with Crippen LogP contribution in [0.2, 0.25) is 5.28 Å². The second-order valence-corrected chi connectivity index (χ2v) is 7.58. The summed E-state index contributed by atoms with van der Waals surface area (Å²) in [6.45, 7) is 3.14. The molecule has 10 heteroatoms. The van der Waals surface area contributed by atoms with Crippen molar-refractivity contribution in [2.75, 3.05) is 16.8 Å². The molecule has 110 valence electrons. The quantitative estimate of drug-likeness (QED) is 0.507. The summed E-state index contributed by atoms with van der Waals surface area (Å²) in [5.74, 6) is -0.105. The first kappa shape index (κ1) is 14.9. The molecule has 1 aliphatic heterocycles. The zero-order valence-corrected chi connectivity index (χ0v) is 12.5. The number of anilines is 1. The Labute approximate surface area is 120 Å². The van der Waals surface area contributed by atoms with Crippen LogP contribution in [0.15, 0.2) is 0 Å². The minimum absolute atomic E-state index is 0.0437. The lowest BCUT2D eigenvalue weighted by Gasteiger charge is -2.24. The summed E-state index contributed by atoms with van der Waals surface area (Å²) >= 11 is 5.71. The van der Waals surface area contributed by atoms with E-state index in [-0.39, 0.29) is 34.0 Å². The topological polar surface area (TPSA) is 115 Å². The smallest absolute Gasteiger partial charge is 0.332 e. The van der Waals surface area contributed by atoms with E-state index < -0.39 is 20.3 Å². The Morgan fingerprint density at radius 2 is 2.10 bits per heavy atom. The van der Waals surface area contributed by atoms with E-state index in [1.807, 2.05) is 0 Å². The highest BCUT2D eigenvalue weighted by molar-refractivity contribution is 7.91. The van der Waals surface area contributed by atoms with Crippen molar-refractivity contribution in [1.82, 2.24) is 9.97 Å². The molecule has 1 aromatic heterocycles. The predicted octanol–water partition coefficient (Wildman–Crippen LogP) is 1.34. The minimum atomic E-state index is -3.14. The lowest BCUT2D eigenvalue weighted by molar-refractivity contribution is -0.385. The normalized spacial score (nSPS) is 24.6. The summed E-state index contributed by atoms with van der Waals surface area (Å²) in [5, 5.41) is 13.8. The Kier molecular flexibility index (Phi) is 3.59. The largest absolute Gasteiger partial charge is 0.358 e. The zero-order chi connectivity index (χ0) is 15.1. The maximum atomic E-state index is 11.6. The summed E-state index contributed by atoms with van der Waals surface area (Å²) < 4.78 is 23.1. The van der Waals surface area contributed by atoms with Crippen molar-refractivity contribution in [2.45, 2.75) is 25.8 Å². The van der Waals surface area contributed by atoms with Crippen LogP contribution in [0.1, 0.15) is 19.0 Å². The molecule has 1 aromatic rings. The fraction of sp³-hybridized carbons (Fsp3) is 0.600. The van der Waals surface area contributed by atoms with Gasteiger partial charge >= 0.3 is 5.69 Å².